The molecular weight excluding hydrogens is 192 g/mol. The smallest absolute Gasteiger partial charge is 0.233 e. The quantitative estimate of drug-likeness (QED) is 0.375. The number of nitrogens with two attached hydrogens (primary N) is 1. The topological polar surface area (TPSA) is 82.2 Å². The predicted molar refractivity (Wildman–Crippen MR) is 58.4 cm³/mol. The number of carbonyl (C=O) groups excluding carboxylic acids is 1. The summed E-state index contributed by atoms with van der Waals surface area (Å²) in [6.07, 6.45) is 1.17. The van der Waals surface area contributed by atoms with Crippen LogP contribution in [0.3, 0.4) is 0 Å². The number of nitrogens with one attached hydrogen (secondary N) is 1. The maximum Gasteiger partial charge on any atom is 0.233 e. The van der Waals surface area contributed by atoms with Gasteiger partial charge in [-0.25, -0.2) is 5.84 Å². The Morgan fingerprint density at radius 2 is 2.20 bits per heavy atom. The van der Waals surface area contributed by atoms with E-state index in [-0.39, 0.29) is 17.9 Å². The van der Waals surface area contributed by atoms with Gasteiger partial charge in [-0.2, -0.15) is 5.26 Å². The lowest BCUT2D eigenvalue weighted by Crippen LogP contribution is -2.35. The van der Waals surface area contributed by atoms with Crippen molar-refractivity contribution in [1.82, 2.24) is 10.3 Å². The van der Waals surface area contributed by atoms with Gasteiger partial charge in [-0.15, -0.1) is 0 Å². The number of hydrazine groups is 1. The van der Waals surface area contributed by atoms with Crippen molar-refractivity contribution in [2.24, 2.45) is 11.8 Å². The number of nitrogens with zero attached hydrogens (tertiary/aromatic N) is 2. The summed E-state index contributed by atoms with van der Waals surface area (Å²) in [6, 6.07) is 2.46. The first-order valence-corrected chi connectivity index (χ1v) is 5.10. The van der Waals surface area contributed by atoms with Crippen molar-refractivity contribution in [1.29, 1.82) is 5.26 Å². The zero-order valence-corrected chi connectivity index (χ0v) is 9.66. The van der Waals surface area contributed by atoms with Crippen LogP contribution in [-0.2, 0) is 4.79 Å². The third-order valence-electron chi connectivity index (χ3n) is 2.48. The van der Waals surface area contributed by atoms with Crippen LogP contribution in [0.2, 0.25) is 0 Å². The summed E-state index contributed by atoms with van der Waals surface area (Å²) < 4.78 is 0. The average Bonchev–Trinajstić information content (AvgIpc) is 2.24. The molecule has 0 spiro atoms. The van der Waals surface area contributed by atoms with Crippen LogP contribution in [0.5, 0.6) is 0 Å². The molecule has 0 heterocycles. The first-order valence-electron chi connectivity index (χ1n) is 5.10. The van der Waals surface area contributed by atoms with Crippen LogP contribution < -0.4 is 11.3 Å². The summed E-state index contributed by atoms with van der Waals surface area (Å²) in [5.74, 6) is 4.85. The molecule has 0 aromatic heterocycles. The van der Waals surface area contributed by atoms with Crippen LogP contribution in [0.15, 0.2) is 0 Å². The number of amides is 1. The molecule has 2 atom stereocenters. The fourth-order valence-electron chi connectivity index (χ4n) is 1.29. The number of hydrogen-bond donors (Lipinski definition) is 2. The van der Waals surface area contributed by atoms with E-state index in [9.17, 15) is 4.79 Å². The third kappa shape index (κ3) is 6.05. The summed E-state index contributed by atoms with van der Waals surface area (Å²) in [6.45, 7) is 4.64. The lowest BCUT2D eigenvalue weighted by Gasteiger charge is -2.25. The summed E-state index contributed by atoms with van der Waals surface area (Å²) in [5, 5.41) is 8.66. The average molecular weight is 212 g/mol. The molecule has 0 saturated carbocycles. The van der Waals surface area contributed by atoms with Gasteiger partial charge in [0.2, 0.25) is 5.91 Å². The maximum atomic E-state index is 10.9. The second kappa shape index (κ2) is 7.21. The Hall–Kier alpha value is -1.12. The van der Waals surface area contributed by atoms with Gasteiger partial charge in [0.15, 0.2) is 0 Å². The first kappa shape index (κ1) is 13.9. The van der Waals surface area contributed by atoms with Gasteiger partial charge in [-0.05, 0) is 27.3 Å². The van der Waals surface area contributed by atoms with E-state index in [0.29, 0.717) is 6.42 Å². The van der Waals surface area contributed by atoms with Crippen molar-refractivity contribution in [3.8, 4) is 6.07 Å². The molecule has 0 saturated heterocycles. The molecule has 0 aromatic rings. The molecule has 0 aliphatic rings. The van der Waals surface area contributed by atoms with E-state index in [0.717, 1.165) is 13.0 Å². The van der Waals surface area contributed by atoms with Crippen LogP contribution in [0.25, 0.3) is 0 Å². The van der Waals surface area contributed by atoms with Gasteiger partial charge in [0.05, 0.1) is 12.0 Å². The SMILES string of the molecule is CC(C#N)CN(C)C(C)CCC(=O)NN. The number of rotatable bonds is 6. The molecule has 3 N–H and O–H groups in total. The van der Waals surface area contributed by atoms with E-state index >= 15 is 0 Å². The Labute approximate surface area is 91.2 Å². The van der Waals surface area contributed by atoms with Crippen molar-refractivity contribution >= 4 is 5.91 Å². The fraction of sp³-hybridized carbons (Fsp3) is 0.800. The van der Waals surface area contributed by atoms with Crippen LogP contribution >= 0.6 is 0 Å². The molecule has 15 heavy (non-hydrogen) atoms. The monoisotopic (exact) mass is 212 g/mol. The van der Waals surface area contributed by atoms with Crippen molar-refractivity contribution in [2.75, 3.05) is 13.6 Å². The van der Waals surface area contributed by atoms with E-state index in [1.165, 1.54) is 0 Å². The van der Waals surface area contributed by atoms with Gasteiger partial charge in [0.25, 0.3) is 0 Å². The minimum atomic E-state index is -0.149. The number of nitriles is 1. The molecule has 0 aliphatic carbocycles. The normalized spacial score (nSPS) is 14.4. The molecule has 2 unspecified atom stereocenters. The molecule has 5 nitrogen and oxygen atoms in total. The maximum absolute atomic E-state index is 10.9. The molecule has 0 bridgehead atoms. The van der Waals surface area contributed by atoms with Gasteiger partial charge < -0.3 is 4.90 Å². The number of carbonyl (C=O) groups is 1. The van der Waals surface area contributed by atoms with Crippen LogP contribution in [0.1, 0.15) is 26.7 Å². The van der Waals surface area contributed by atoms with Crippen molar-refractivity contribution in [3.63, 3.8) is 0 Å². The first-order chi connectivity index (χ1) is 7.01. The van der Waals surface area contributed by atoms with Crippen LogP contribution in [0, 0.1) is 17.2 Å². The van der Waals surface area contributed by atoms with Gasteiger partial charge in [0.1, 0.15) is 0 Å². The van der Waals surface area contributed by atoms with Crippen LogP contribution in [-0.4, -0.2) is 30.4 Å². The molecule has 0 fully saturated rings. The molecule has 5 heteroatoms. The highest BCUT2D eigenvalue weighted by Crippen LogP contribution is 2.06. The summed E-state index contributed by atoms with van der Waals surface area (Å²) >= 11 is 0. The molecular formula is C10H20N4O. The van der Waals surface area contributed by atoms with E-state index in [1.54, 1.807) is 0 Å². The lowest BCUT2D eigenvalue weighted by molar-refractivity contribution is -0.121. The fourth-order valence-corrected chi connectivity index (χ4v) is 1.29. The highest BCUT2D eigenvalue weighted by atomic mass is 16.2. The van der Waals surface area contributed by atoms with Gasteiger partial charge >= 0.3 is 0 Å². The molecule has 0 rings (SSSR count). The predicted octanol–water partition coefficient (Wildman–Crippen LogP) is 0.236. The summed E-state index contributed by atoms with van der Waals surface area (Å²) in [4.78, 5) is 13.0. The molecule has 86 valence electrons. The van der Waals surface area contributed by atoms with Crippen molar-refractivity contribution in [3.05, 3.63) is 0 Å². The van der Waals surface area contributed by atoms with Gasteiger partial charge in [-0.1, -0.05) is 0 Å². The molecule has 0 aliphatic heterocycles. The molecule has 0 aromatic carbocycles. The van der Waals surface area contributed by atoms with Crippen molar-refractivity contribution in [2.45, 2.75) is 32.7 Å². The minimum absolute atomic E-state index is 0.0146. The lowest BCUT2D eigenvalue weighted by atomic mass is 10.1. The number of hydrogen-bond acceptors (Lipinski definition) is 4. The van der Waals surface area contributed by atoms with E-state index in [2.05, 4.69) is 16.4 Å². The zero-order valence-electron chi connectivity index (χ0n) is 9.66. The van der Waals surface area contributed by atoms with E-state index in [1.807, 2.05) is 20.9 Å². The Balaban J connectivity index is 3.84. The Morgan fingerprint density at radius 1 is 1.60 bits per heavy atom. The Morgan fingerprint density at radius 3 is 2.67 bits per heavy atom. The van der Waals surface area contributed by atoms with E-state index in [4.69, 9.17) is 11.1 Å². The minimum Gasteiger partial charge on any atom is -0.302 e. The standard InChI is InChI=1S/C10H20N4O/c1-8(6-11)7-14(3)9(2)4-5-10(15)13-12/h8-9H,4-5,7,12H2,1-3H3,(H,13,15). The van der Waals surface area contributed by atoms with Gasteiger partial charge in [0, 0.05) is 19.0 Å². The molecule has 1 amide bonds. The Bertz CT molecular complexity index is 236. The highest BCUT2D eigenvalue weighted by molar-refractivity contribution is 5.75. The largest absolute Gasteiger partial charge is 0.302 e. The van der Waals surface area contributed by atoms with Gasteiger partial charge in [-0.3, -0.25) is 10.2 Å². The van der Waals surface area contributed by atoms with Crippen LogP contribution in [0.4, 0.5) is 0 Å². The highest BCUT2D eigenvalue weighted by Gasteiger charge is 2.13. The zero-order chi connectivity index (χ0) is 11.8. The van der Waals surface area contributed by atoms with E-state index < -0.39 is 0 Å². The second-order valence-electron chi connectivity index (χ2n) is 3.92. The summed E-state index contributed by atoms with van der Waals surface area (Å²) in [5.41, 5.74) is 2.10. The second-order valence-corrected chi connectivity index (χ2v) is 3.92. The third-order valence-corrected chi connectivity index (χ3v) is 2.48. The van der Waals surface area contributed by atoms with Crippen molar-refractivity contribution < 1.29 is 4.79 Å². The summed E-state index contributed by atoms with van der Waals surface area (Å²) in [7, 11) is 1.96. The molecule has 0 radical (unpaired) electrons. The Kier molecular flexibility index (Phi) is 6.67.